The van der Waals surface area contributed by atoms with Gasteiger partial charge in [-0.05, 0) is 143 Å². The van der Waals surface area contributed by atoms with Crippen molar-refractivity contribution in [2.75, 3.05) is 19.6 Å². The fraction of sp³-hybridized carbons (Fsp3) is 0. The van der Waals surface area contributed by atoms with Gasteiger partial charge in [0.1, 0.15) is 11.6 Å². The van der Waals surface area contributed by atoms with E-state index in [0.29, 0.717) is 5.56 Å². The zero-order valence-corrected chi connectivity index (χ0v) is 50.8. The molecule has 0 N–H and O–H groups in total. The summed E-state index contributed by atoms with van der Waals surface area (Å²) in [6, 6.07) is 132. The zero-order chi connectivity index (χ0) is 62.0. The lowest BCUT2D eigenvalue weighted by Crippen LogP contribution is -2.20. The summed E-state index contributed by atoms with van der Waals surface area (Å²) < 4.78 is 2.51. The molecule has 0 saturated heterocycles. The average Bonchev–Trinajstić information content (AvgIpc) is 1.69. The van der Waals surface area contributed by atoms with Crippen LogP contribution in [0.2, 0.25) is 0 Å². The Balaban J connectivity index is 1.15. The smallest absolute Gasteiger partial charge is 0.104 e. The first-order valence-electron chi connectivity index (χ1n) is 31.5. The second-order valence-electron chi connectivity index (χ2n) is 23.1. The van der Waals surface area contributed by atoms with Crippen LogP contribution in [0.4, 0.5) is 68.2 Å². The first-order valence-corrected chi connectivity index (χ1v) is 31.5. The second kappa shape index (κ2) is 24.4. The van der Waals surface area contributed by atoms with Gasteiger partial charge in [-0.2, -0.15) is 5.26 Å². The number of nitrogens with zero attached hydrogens (tertiary/aromatic N) is 6. The Morgan fingerprint density at radius 2 is 0.538 bits per heavy atom. The van der Waals surface area contributed by atoms with Gasteiger partial charge in [-0.3, -0.25) is 0 Å². The number of aromatic nitrogens is 1. The molecule has 15 aromatic carbocycles. The third-order valence-electron chi connectivity index (χ3n) is 17.7. The molecule has 438 valence electrons. The van der Waals surface area contributed by atoms with Crippen molar-refractivity contribution in [2.24, 2.45) is 0 Å². The van der Waals surface area contributed by atoms with Crippen LogP contribution in [0.1, 0.15) is 5.56 Å². The van der Waals surface area contributed by atoms with Gasteiger partial charge in [0.05, 0.1) is 39.5 Å². The van der Waals surface area contributed by atoms with E-state index in [1.54, 1.807) is 0 Å². The number of rotatable bonds is 15. The van der Waals surface area contributed by atoms with E-state index < -0.39 is 0 Å². The summed E-state index contributed by atoms with van der Waals surface area (Å²) in [6.45, 7) is 0. The van der Waals surface area contributed by atoms with Crippen LogP contribution in [0.25, 0.3) is 71.3 Å². The van der Waals surface area contributed by atoms with Crippen LogP contribution in [-0.4, -0.2) is 4.57 Å². The lowest BCUT2D eigenvalue weighted by molar-refractivity contribution is 1.16. The van der Waals surface area contributed by atoms with Crippen molar-refractivity contribution < 1.29 is 0 Å². The topological polar surface area (TPSA) is 41.7 Å². The van der Waals surface area contributed by atoms with Crippen LogP contribution >= 0.6 is 0 Å². The van der Waals surface area contributed by atoms with E-state index in [4.69, 9.17) is 0 Å². The van der Waals surface area contributed by atoms with E-state index in [1.165, 1.54) is 0 Å². The Morgan fingerprint density at radius 3 is 0.871 bits per heavy atom. The van der Waals surface area contributed by atoms with Gasteiger partial charge in [0.15, 0.2) is 0 Å². The van der Waals surface area contributed by atoms with Gasteiger partial charge in [-0.1, -0.05) is 243 Å². The van der Waals surface area contributed by atoms with Crippen LogP contribution in [0.15, 0.2) is 364 Å². The van der Waals surface area contributed by atoms with Crippen LogP contribution in [0, 0.1) is 11.3 Å². The van der Waals surface area contributed by atoms with Crippen molar-refractivity contribution in [3.8, 4) is 34.0 Å². The monoisotopic (exact) mass is 1190 g/mol. The molecule has 1 heterocycles. The molecule has 16 rings (SSSR count). The quantitative estimate of drug-likeness (QED) is 0.102. The maximum Gasteiger partial charge on any atom is 0.104 e. The van der Waals surface area contributed by atoms with E-state index in [1.807, 2.05) is 0 Å². The van der Waals surface area contributed by atoms with E-state index in [9.17, 15) is 5.26 Å². The maximum atomic E-state index is 13.0. The van der Waals surface area contributed by atoms with Gasteiger partial charge in [0.2, 0.25) is 0 Å². The molecule has 0 atom stereocenters. The number of hydrogen-bond donors (Lipinski definition) is 0. The molecule has 0 unspecified atom stereocenters. The molecule has 0 radical (unpaired) electrons. The molecule has 0 aliphatic carbocycles. The minimum atomic E-state index is 0.484. The zero-order valence-electron chi connectivity index (χ0n) is 50.8. The highest BCUT2D eigenvalue weighted by Crippen LogP contribution is 2.59. The summed E-state index contributed by atoms with van der Waals surface area (Å²) in [7, 11) is 0. The fourth-order valence-electron chi connectivity index (χ4n) is 13.7. The Labute approximate surface area is 541 Å². The highest BCUT2D eigenvalue weighted by molar-refractivity contribution is 6.17. The van der Waals surface area contributed by atoms with Gasteiger partial charge in [-0.15, -0.1) is 0 Å². The Bertz CT molecular complexity index is 4970. The standard InChI is InChI=1S/C87H60N6/c88-61-78-85(91(70-47-21-7-22-48-70)79-53-29-37-62-31-25-27-51-74(62)79)83(64-33-9-1-10-34-64)87(84(65-35-11-2-12-36-65)86(78)92(71-49-23-8-24-50-71)80-54-30-38-63-32-26-28-52-75(63)80)93-81-57-55-72(89(66-39-13-3-14-40-66)67-41-15-4-16-42-67)59-76(81)77-60-73(56-58-82(77)93)90(68-43-17-5-18-44-68)69-45-19-6-20-46-69/h1-60H. The summed E-state index contributed by atoms with van der Waals surface area (Å²) in [4.78, 5) is 9.41. The molecule has 0 saturated carbocycles. The third-order valence-corrected chi connectivity index (χ3v) is 17.7. The Morgan fingerprint density at radius 1 is 0.247 bits per heavy atom. The molecule has 0 amide bonds. The van der Waals surface area contributed by atoms with Gasteiger partial charge in [0.25, 0.3) is 0 Å². The van der Waals surface area contributed by atoms with E-state index in [0.717, 1.165) is 140 Å². The van der Waals surface area contributed by atoms with E-state index in [2.05, 4.69) is 394 Å². The normalized spacial score (nSPS) is 11.2. The molecule has 93 heavy (non-hydrogen) atoms. The lowest BCUT2D eigenvalue weighted by atomic mass is 9.86. The van der Waals surface area contributed by atoms with E-state index >= 15 is 0 Å². The molecule has 1 aromatic heterocycles. The van der Waals surface area contributed by atoms with Crippen molar-refractivity contribution in [1.82, 2.24) is 4.57 Å². The molecule has 6 heteroatoms. The molecule has 16 aromatic rings. The number of nitriles is 1. The number of fused-ring (bicyclic) bond motifs is 5. The van der Waals surface area contributed by atoms with Gasteiger partial charge in [-0.25, -0.2) is 0 Å². The average molecular weight is 1190 g/mol. The van der Waals surface area contributed by atoms with Crippen LogP contribution in [-0.2, 0) is 0 Å². The predicted octanol–water partition coefficient (Wildman–Crippen LogP) is 24.2. The molecule has 0 aliphatic heterocycles. The Hall–Kier alpha value is -12.7. The first-order chi connectivity index (χ1) is 46.2. The number of para-hydroxylation sites is 6. The van der Waals surface area contributed by atoms with Crippen molar-refractivity contribution >= 4 is 112 Å². The summed E-state index contributed by atoms with van der Waals surface area (Å²) in [5.41, 5.74) is 18.2. The number of benzene rings is 15. The molecule has 0 bridgehead atoms. The lowest BCUT2D eigenvalue weighted by Gasteiger charge is -2.37. The highest BCUT2D eigenvalue weighted by Gasteiger charge is 2.37. The highest BCUT2D eigenvalue weighted by atomic mass is 15.2. The van der Waals surface area contributed by atoms with Crippen LogP contribution in [0.5, 0.6) is 0 Å². The van der Waals surface area contributed by atoms with E-state index in [-0.39, 0.29) is 0 Å². The molecule has 0 fully saturated rings. The predicted molar refractivity (Wildman–Crippen MR) is 390 cm³/mol. The maximum absolute atomic E-state index is 13.0. The summed E-state index contributed by atoms with van der Waals surface area (Å²) in [6.07, 6.45) is 0. The molecular weight excluding hydrogens is 1130 g/mol. The number of hydrogen-bond acceptors (Lipinski definition) is 5. The second-order valence-corrected chi connectivity index (χ2v) is 23.1. The SMILES string of the molecule is N#Cc1c(N(c2ccccc2)c2cccc3ccccc23)c(-c2ccccc2)c(-n2c3ccc(N(c4ccccc4)c4ccccc4)cc3c3cc(N(c4ccccc4)c4ccccc4)ccc32)c(-c2ccccc2)c1N(c1ccccc1)c1cccc2ccccc12. The van der Waals surface area contributed by atoms with Gasteiger partial charge < -0.3 is 24.2 Å². The minimum absolute atomic E-state index is 0.484. The summed E-state index contributed by atoms with van der Waals surface area (Å²) >= 11 is 0. The number of anilines is 12. The molecule has 0 spiro atoms. The first kappa shape index (κ1) is 55.6. The third kappa shape index (κ3) is 10.0. The van der Waals surface area contributed by atoms with Crippen LogP contribution in [0.3, 0.4) is 0 Å². The molecular formula is C87H60N6. The van der Waals surface area contributed by atoms with Gasteiger partial charge >= 0.3 is 0 Å². The van der Waals surface area contributed by atoms with Crippen molar-refractivity contribution in [3.63, 3.8) is 0 Å². The van der Waals surface area contributed by atoms with Crippen molar-refractivity contribution in [3.05, 3.63) is 370 Å². The summed E-state index contributed by atoms with van der Waals surface area (Å²) in [5.74, 6) is 0. The molecule has 0 aliphatic rings. The minimum Gasteiger partial charge on any atom is -0.310 e. The van der Waals surface area contributed by atoms with Crippen molar-refractivity contribution in [2.45, 2.75) is 0 Å². The van der Waals surface area contributed by atoms with Gasteiger partial charge in [0, 0.05) is 78.2 Å². The summed E-state index contributed by atoms with van der Waals surface area (Å²) in [5, 5.41) is 19.3. The largest absolute Gasteiger partial charge is 0.310 e. The Kier molecular flexibility index (Phi) is 14.6. The molecule has 6 nitrogen and oxygen atoms in total. The van der Waals surface area contributed by atoms with Crippen LogP contribution < -0.4 is 19.6 Å². The van der Waals surface area contributed by atoms with Crippen molar-refractivity contribution in [1.29, 1.82) is 5.26 Å². The fourth-order valence-corrected chi connectivity index (χ4v) is 13.7.